The van der Waals surface area contributed by atoms with Gasteiger partial charge < -0.3 is 15.6 Å². The maximum atomic E-state index is 13.4. The topological polar surface area (TPSA) is 73.3 Å². The molecule has 12 heteroatoms. The first-order valence-corrected chi connectivity index (χ1v) is 9.90. The van der Waals surface area contributed by atoms with Crippen molar-refractivity contribution in [2.75, 3.05) is 13.2 Å². The summed E-state index contributed by atoms with van der Waals surface area (Å²) in [4.78, 5) is 0. The van der Waals surface area contributed by atoms with Gasteiger partial charge in [-0.3, -0.25) is 4.68 Å². The zero-order valence-electron chi connectivity index (χ0n) is 17.1. The van der Waals surface area contributed by atoms with E-state index in [1.807, 2.05) is 0 Å². The molecule has 0 atom stereocenters. The number of phenols is 1. The summed E-state index contributed by atoms with van der Waals surface area (Å²) in [5.41, 5.74) is 2.71. The molecule has 0 aliphatic rings. The van der Waals surface area contributed by atoms with E-state index in [-0.39, 0.29) is 41.3 Å². The molecule has 1 heterocycles. The van der Waals surface area contributed by atoms with E-state index in [2.05, 4.69) is 5.10 Å². The van der Waals surface area contributed by atoms with Crippen LogP contribution >= 0.6 is 11.6 Å². The second-order valence-electron chi connectivity index (χ2n) is 7.05. The van der Waals surface area contributed by atoms with Crippen molar-refractivity contribution in [3.05, 3.63) is 52.7 Å². The fourth-order valence-corrected chi connectivity index (χ4v) is 3.42. The summed E-state index contributed by atoms with van der Waals surface area (Å²) < 4.78 is 86.0. The van der Waals surface area contributed by atoms with E-state index < -0.39 is 34.4 Å². The number of alkyl halides is 6. The van der Waals surface area contributed by atoms with Gasteiger partial charge >= 0.3 is 12.4 Å². The van der Waals surface area contributed by atoms with Crippen LogP contribution in [0.1, 0.15) is 17.7 Å². The Bertz CT molecular complexity index is 1160. The van der Waals surface area contributed by atoms with E-state index in [9.17, 15) is 31.4 Å². The Labute approximate surface area is 189 Å². The average Bonchev–Trinajstić information content (AvgIpc) is 3.10. The van der Waals surface area contributed by atoms with Gasteiger partial charge in [-0.2, -0.15) is 31.4 Å². The molecule has 5 nitrogen and oxygen atoms in total. The fourth-order valence-electron chi connectivity index (χ4n) is 3.20. The zero-order chi connectivity index (χ0) is 24.6. The molecule has 0 unspecified atom stereocenters. The molecule has 0 bridgehead atoms. The number of aromatic hydroxyl groups is 1. The van der Waals surface area contributed by atoms with Crippen LogP contribution in [0.5, 0.6) is 11.5 Å². The number of ether oxygens (including phenoxy) is 1. The van der Waals surface area contributed by atoms with Crippen LogP contribution in [0.3, 0.4) is 0 Å². The molecule has 2 aromatic carbocycles. The number of hydrogen-bond donors (Lipinski definition) is 2. The van der Waals surface area contributed by atoms with Crippen molar-refractivity contribution in [1.29, 1.82) is 0 Å². The smallest absolute Gasteiger partial charge is 0.435 e. The van der Waals surface area contributed by atoms with Gasteiger partial charge in [0.1, 0.15) is 11.5 Å². The Morgan fingerprint density at radius 1 is 1.06 bits per heavy atom. The van der Waals surface area contributed by atoms with Gasteiger partial charge in [-0.1, -0.05) is 17.7 Å². The van der Waals surface area contributed by atoms with E-state index in [1.54, 1.807) is 0 Å². The number of rotatable bonds is 6. The van der Waals surface area contributed by atoms with Crippen molar-refractivity contribution in [2.24, 2.45) is 12.8 Å². The summed E-state index contributed by atoms with van der Waals surface area (Å²) in [5, 5.41) is 13.9. The van der Waals surface area contributed by atoms with E-state index >= 15 is 0 Å². The van der Waals surface area contributed by atoms with Gasteiger partial charge in [-0.25, -0.2) is 0 Å². The lowest BCUT2D eigenvalue weighted by Crippen LogP contribution is -2.08. The highest BCUT2D eigenvalue weighted by molar-refractivity contribution is 6.31. The summed E-state index contributed by atoms with van der Waals surface area (Å²) in [6.07, 6.45) is -9.07. The number of aromatic nitrogens is 2. The number of nitrogens with zero attached hydrogens (tertiary/aromatic N) is 2. The molecule has 33 heavy (non-hydrogen) atoms. The van der Waals surface area contributed by atoms with Crippen LogP contribution in [0.15, 0.2) is 36.4 Å². The minimum atomic E-state index is -4.77. The molecule has 3 N–H and O–H groups in total. The highest BCUT2D eigenvalue weighted by atomic mass is 35.5. The second kappa shape index (κ2) is 9.14. The fraction of sp³-hybridized carbons (Fsp3) is 0.286. The Balaban J connectivity index is 2.23. The highest BCUT2D eigenvalue weighted by Crippen LogP contribution is 2.47. The Morgan fingerprint density at radius 3 is 2.33 bits per heavy atom. The monoisotopic (exact) mass is 493 g/mol. The van der Waals surface area contributed by atoms with Gasteiger partial charge in [0.25, 0.3) is 0 Å². The number of aryl methyl sites for hydroxylation is 1. The number of phenolic OH excluding ortho intramolecular Hbond substituents is 1. The number of hydrogen-bond acceptors (Lipinski definition) is 4. The summed E-state index contributed by atoms with van der Waals surface area (Å²) >= 11 is 5.70. The molecule has 0 radical (unpaired) electrons. The molecule has 0 saturated carbocycles. The van der Waals surface area contributed by atoms with Crippen molar-refractivity contribution < 1.29 is 36.2 Å². The molecule has 0 saturated heterocycles. The molecule has 0 fully saturated rings. The maximum Gasteiger partial charge on any atom is 0.435 e. The van der Waals surface area contributed by atoms with Gasteiger partial charge in [0, 0.05) is 12.6 Å². The normalized spacial score (nSPS) is 12.3. The van der Waals surface area contributed by atoms with Gasteiger partial charge in [0.05, 0.1) is 28.5 Å². The van der Waals surface area contributed by atoms with Crippen LogP contribution in [0, 0.1) is 0 Å². The van der Waals surface area contributed by atoms with E-state index in [1.165, 1.54) is 25.2 Å². The van der Waals surface area contributed by atoms with Gasteiger partial charge in [0.2, 0.25) is 0 Å². The molecule has 0 amide bonds. The third kappa shape index (κ3) is 5.19. The van der Waals surface area contributed by atoms with Crippen LogP contribution in [0.25, 0.3) is 22.4 Å². The molecule has 1 aromatic heterocycles. The lowest BCUT2D eigenvalue weighted by atomic mass is 9.97. The van der Waals surface area contributed by atoms with Gasteiger partial charge in [-0.05, 0) is 48.9 Å². The Kier molecular flexibility index (Phi) is 6.85. The van der Waals surface area contributed by atoms with Crippen molar-refractivity contribution in [3.8, 4) is 33.9 Å². The standard InChI is InChI=1S/C21H18ClF6N3O2/c1-31-15(10-17(30-31)21(26,27)28)12-4-6-16(33-8-2-7-29)18(19(12)32)11-3-5-14(22)13(9-11)20(23,24)25/h3-6,9-10,32H,2,7-8,29H2,1H3. The van der Waals surface area contributed by atoms with Crippen LogP contribution in [0.4, 0.5) is 26.3 Å². The SMILES string of the molecule is Cn1nc(C(F)(F)F)cc1-c1ccc(OCCCN)c(-c2ccc(Cl)c(C(F)(F)F)c2)c1O. The van der Waals surface area contributed by atoms with Crippen LogP contribution in [-0.2, 0) is 19.4 Å². The first-order chi connectivity index (χ1) is 15.3. The minimum Gasteiger partial charge on any atom is -0.506 e. The zero-order valence-corrected chi connectivity index (χ0v) is 17.8. The van der Waals surface area contributed by atoms with Crippen molar-refractivity contribution in [3.63, 3.8) is 0 Å². The quantitative estimate of drug-likeness (QED) is 0.332. The van der Waals surface area contributed by atoms with E-state index in [0.29, 0.717) is 6.42 Å². The van der Waals surface area contributed by atoms with Crippen LogP contribution < -0.4 is 10.5 Å². The Hall–Kier alpha value is -2.92. The molecular weight excluding hydrogens is 476 g/mol. The average molecular weight is 494 g/mol. The lowest BCUT2D eigenvalue weighted by Gasteiger charge is -2.18. The molecular formula is C21H18ClF6N3O2. The van der Waals surface area contributed by atoms with E-state index in [4.69, 9.17) is 22.1 Å². The number of benzene rings is 2. The summed E-state index contributed by atoms with van der Waals surface area (Å²) in [7, 11) is 1.25. The predicted molar refractivity (Wildman–Crippen MR) is 110 cm³/mol. The lowest BCUT2D eigenvalue weighted by molar-refractivity contribution is -0.141. The molecule has 0 aliphatic heterocycles. The largest absolute Gasteiger partial charge is 0.506 e. The summed E-state index contributed by atoms with van der Waals surface area (Å²) in [6, 6.07) is 6.38. The van der Waals surface area contributed by atoms with Crippen LogP contribution in [0.2, 0.25) is 5.02 Å². The molecule has 3 aromatic rings. The Morgan fingerprint density at radius 2 is 1.76 bits per heavy atom. The van der Waals surface area contributed by atoms with Crippen molar-refractivity contribution in [2.45, 2.75) is 18.8 Å². The maximum absolute atomic E-state index is 13.4. The predicted octanol–water partition coefficient (Wildman–Crippen LogP) is 5.88. The first-order valence-electron chi connectivity index (χ1n) is 9.52. The van der Waals surface area contributed by atoms with Gasteiger partial charge in [0.15, 0.2) is 5.69 Å². The minimum absolute atomic E-state index is 0.0263. The summed E-state index contributed by atoms with van der Waals surface area (Å²) in [5.74, 6) is -0.550. The number of halogens is 7. The third-order valence-corrected chi connectivity index (χ3v) is 5.08. The molecule has 0 aliphatic carbocycles. The van der Waals surface area contributed by atoms with Crippen molar-refractivity contribution in [1.82, 2.24) is 9.78 Å². The second-order valence-corrected chi connectivity index (χ2v) is 7.46. The van der Waals surface area contributed by atoms with Crippen LogP contribution in [-0.4, -0.2) is 28.0 Å². The van der Waals surface area contributed by atoms with E-state index in [0.717, 1.165) is 22.9 Å². The van der Waals surface area contributed by atoms with Crippen molar-refractivity contribution >= 4 is 11.6 Å². The molecule has 178 valence electrons. The first kappa shape index (κ1) is 24.7. The highest BCUT2D eigenvalue weighted by Gasteiger charge is 2.36. The van der Waals surface area contributed by atoms with Gasteiger partial charge in [-0.15, -0.1) is 0 Å². The molecule has 0 spiro atoms. The third-order valence-electron chi connectivity index (χ3n) is 4.75. The number of nitrogens with two attached hydrogens (primary N) is 1. The summed E-state index contributed by atoms with van der Waals surface area (Å²) in [6.45, 7) is 0.389. The molecule has 3 rings (SSSR count).